The van der Waals surface area contributed by atoms with E-state index in [1.54, 1.807) is 0 Å². The fraction of sp³-hybridized carbons (Fsp3) is 0.368. The third kappa shape index (κ3) is 5.18. The average Bonchev–Trinajstić information content (AvgIpc) is 2.49. The van der Waals surface area contributed by atoms with E-state index in [9.17, 15) is 0 Å². The van der Waals surface area contributed by atoms with Crippen molar-refractivity contribution in [2.45, 2.75) is 38.6 Å². The number of nitrogens with one attached hydrogen (secondary N) is 1. The molecule has 20 heavy (non-hydrogen) atoms. The van der Waals surface area contributed by atoms with E-state index in [4.69, 9.17) is 0 Å². The lowest BCUT2D eigenvalue weighted by atomic mass is 10.0. The van der Waals surface area contributed by atoms with Gasteiger partial charge in [0.1, 0.15) is 0 Å². The number of benzene rings is 2. The predicted octanol–water partition coefficient (Wildman–Crippen LogP) is 4.23. The van der Waals surface area contributed by atoms with Gasteiger partial charge in [0, 0.05) is 6.04 Å². The van der Waals surface area contributed by atoms with E-state index in [-0.39, 0.29) is 0 Å². The van der Waals surface area contributed by atoms with Crippen LogP contribution in [0, 0.1) is 0 Å². The van der Waals surface area contributed by atoms with Crippen LogP contribution in [0.1, 0.15) is 30.9 Å². The molecule has 0 heterocycles. The zero-order valence-electron chi connectivity index (χ0n) is 12.4. The fourth-order valence-electron chi connectivity index (χ4n) is 2.59. The summed E-state index contributed by atoms with van der Waals surface area (Å²) in [6, 6.07) is 22.1. The lowest BCUT2D eigenvalue weighted by Crippen LogP contribution is -2.32. The Morgan fingerprint density at radius 3 is 2.05 bits per heavy atom. The maximum atomic E-state index is 3.72. The molecule has 0 aliphatic carbocycles. The van der Waals surface area contributed by atoms with Gasteiger partial charge in [0.15, 0.2) is 0 Å². The molecule has 1 unspecified atom stereocenters. The molecule has 0 amide bonds. The minimum atomic E-state index is 0.589. The molecule has 1 N–H and O–H groups in total. The van der Waals surface area contributed by atoms with Crippen LogP contribution in [-0.4, -0.2) is 12.6 Å². The van der Waals surface area contributed by atoms with Crippen molar-refractivity contribution in [2.24, 2.45) is 0 Å². The Morgan fingerprint density at radius 1 is 0.850 bits per heavy atom. The average molecular weight is 267 g/mol. The Balaban J connectivity index is 1.80. The number of rotatable bonds is 8. The highest BCUT2D eigenvalue weighted by Gasteiger charge is 2.07. The Kier molecular flexibility index (Phi) is 6.33. The van der Waals surface area contributed by atoms with Gasteiger partial charge in [0.2, 0.25) is 0 Å². The van der Waals surface area contributed by atoms with Gasteiger partial charge >= 0.3 is 0 Å². The van der Waals surface area contributed by atoms with Gasteiger partial charge in [0.05, 0.1) is 0 Å². The summed E-state index contributed by atoms with van der Waals surface area (Å²) in [5.41, 5.74) is 2.84. The first-order valence-corrected chi connectivity index (χ1v) is 7.69. The van der Waals surface area contributed by atoms with E-state index < -0.39 is 0 Å². The Hall–Kier alpha value is -1.60. The van der Waals surface area contributed by atoms with Crippen LogP contribution in [0.2, 0.25) is 0 Å². The van der Waals surface area contributed by atoms with E-state index in [1.807, 2.05) is 0 Å². The summed E-state index contributed by atoms with van der Waals surface area (Å²) in [7, 11) is 0. The van der Waals surface area contributed by atoms with E-state index >= 15 is 0 Å². The van der Waals surface area contributed by atoms with Crippen LogP contribution >= 0.6 is 0 Å². The first kappa shape index (κ1) is 14.8. The topological polar surface area (TPSA) is 12.0 Å². The summed E-state index contributed by atoms with van der Waals surface area (Å²) in [6.45, 7) is 3.32. The smallest absolute Gasteiger partial charge is 0.0107 e. The summed E-state index contributed by atoms with van der Waals surface area (Å²) in [5.74, 6) is 0. The van der Waals surface area contributed by atoms with Crippen LogP contribution in [0.15, 0.2) is 60.7 Å². The highest BCUT2D eigenvalue weighted by molar-refractivity contribution is 5.16. The molecule has 0 bridgehead atoms. The number of hydrogen-bond donors (Lipinski definition) is 1. The van der Waals surface area contributed by atoms with E-state index in [2.05, 4.69) is 72.9 Å². The summed E-state index contributed by atoms with van der Waals surface area (Å²) in [6.07, 6.45) is 4.71. The minimum absolute atomic E-state index is 0.589. The molecular weight excluding hydrogens is 242 g/mol. The highest BCUT2D eigenvalue weighted by atomic mass is 14.9. The molecule has 0 fully saturated rings. The van der Waals surface area contributed by atoms with Gasteiger partial charge in [-0.15, -0.1) is 0 Å². The van der Waals surface area contributed by atoms with Crippen molar-refractivity contribution in [3.63, 3.8) is 0 Å². The van der Waals surface area contributed by atoms with Crippen LogP contribution in [0.3, 0.4) is 0 Å². The van der Waals surface area contributed by atoms with Crippen LogP contribution < -0.4 is 5.32 Å². The second-order valence-electron chi connectivity index (χ2n) is 5.37. The molecule has 0 aromatic heterocycles. The summed E-state index contributed by atoms with van der Waals surface area (Å²) in [4.78, 5) is 0. The molecule has 0 saturated heterocycles. The van der Waals surface area contributed by atoms with E-state index in [0.29, 0.717) is 6.04 Å². The quantitative estimate of drug-likeness (QED) is 0.754. The molecule has 2 rings (SSSR count). The monoisotopic (exact) mass is 267 g/mol. The van der Waals surface area contributed by atoms with Crippen molar-refractivity contribution in [1.29, 1.82) is 0 Å². The molecule has 0 aliphatic rings. The van der Waals surface area contributed by atoms with Crippen molar-refractivity contribution >= 4 is 0 Å². The Morgan fingerprint density at radius 2 is 1.45 bits per heavy atom. The molecular formula is C19H25N. The van der Waals surface area contributed by atoms with Gasteiger partial charge in [-0.3, -0.25) is 0 Å². The first-order valence-electron chi connectivity index (χ1n) is 7.69. The van der Waals surface area contributed by atoms with Gasteiger partial charge in [-0.25, -0.2) is 0 Å². The molecule has 1 nitrogen and oxygen atoms in total. The Bertz CT molecular complexity index is 464. The van der Waals surface area contributed by atoms with Gasteiger partial charge in [-0.1, -0.05) is 74.0 Å². The largest absolute Gasteiger partial charge is 0.313 e. The van der Waals surface area contributed by atoms with Crippen LogP contribution in [0.25, 0.3) is 0 Å². The summed E-state index contributed by atoms with van der Waals surface area (Å²) < 4.78 is 0. The lowest BCUT2D eigenvalue weighted by Gasteiger charge is -2.18. The van der Waals surface area contributed by atoms with E-state index in [1.165, 1.54) is 24.0 Å². The maximum Gasteiger partial charge on any atom is 0.0107 e. The third-order valence-electron chi connectivity index (χ3n) is 3.65. The minimum Gasteiger partial charge on any atom is -0.313 e. The second kappa shape index (κ2) is 8.55. The molecule has 2 aromatic rings. The molecule has 0 spiro atoms. The van der Waals surface area contributed by atoms with Crippen LogP contribution in [0.4, 0.5) is 0 Å². The second-order valence-corrected chi connectivity index (χ2v) is 5.37. The van der Waals surface area contributed by atoms with Crippen molar-refractivity contribution in [3.8, 4) is 0 Å². The van der Waals surface area contributed by atoms with E-state index in [0.717, 1.165) is 19.4 Å². The number of hydrogen-bond acceptors (Lipinski definition) is 1. The van der Waals surface area contributed by atoms with Crippen LogP contribution in [0.5, 0.6) is 0 Å². The summed E-state index contributed by atoms with van der Waals surface area (Å²) >= 11 is 0. The molecule has 2 aromatic carbocycles. The van der Waals surface area contributed by atoms with Gasteiger partial charge in [0.25, 0.3) is 0 Å². The SMILES string of the molecule is CCCC(Cc1ccccc1)NCCc1ccccc1. The molecule has 1 heteroatoms. The van der Waals surface area contributed by atoms with Gasteiger partial charge in [-0.05, 0) is 36.9 Å². The zero-order chi connectivity index (χ0) is 14.0. The van der Waals surface area contributed by atoms with Crippen molar-refractivity contribution in [2.75, 3.05) is 6.54 Å². The fourth-order valence-corrected chi connectivity index (χ4v) is 2.59. The highest BCUT2D eigenvalue weighted by Crippen LogP contribution is 2.08. The molecule has 0 aliphatic heterocycles. The van der Waals surface area contributed by atoms with Gasteiger partial charge < -0.3 is 5.32 Å². The normalized spacial score (nSPS) is 12.2. The predicted molar refractivity (Wildman–Crippen MR) is 87.0 cm³/mol. The zero-order valence-corrected chi connectivity index (χ0v) is 12.4. The van der Waals surface area contributed by atoms with Crippen molar-refractivity contribution in [3.05, 3.63) is 71.8 Å². The van der Waals surface area contributed by atoms with Gasteiger partial charge in [-0.2, -0.15) is 0 Å². The molecule has 0 saturated carbocycles. The van der Waals surface area contributed by atoms with Crippen molar-refractivity contribution in [1.82, 2.24) is 5.32 Å². The first-order chi connectivity index (χ1) is 9.88. The lowest BCUT2D eigenvalue weighted by molar-refractivity contribution is 0.476. The van der Waals surface area contributed by atoms with Crippen molar-refractivity contribution < 1.29 is 0 Å². The summed E-state index contributed by atoms with van der Waals surface area (Å²) in [5, 5.41) is 3.72. The molecule has 106 valence electrons. The maximum absolute atomic E-state index is 3.72. The standard InChI is InChI=1S/C19H25N/c1-2-9-19(16-18-12-7-4-8-13-18)20-15-14-17-10-5-3-6-11-17/h3-8,10-13,19-20H,2,9,14-16H2,1H3. The Labute approximate surface area is 123 Å². The molecule has 0 radical (unpaired) electrons. The van der Waals surface area contributed by atoms with Crippen LogP contribution in [-0.2, 0) is 12.8 Å². The molecule has 1 atom stereocenters. The third-order valence-corrected chi connectivity index (χ3v) is 3.65.